The average molecular weight is 319 g/mol. The van der Waals surface area contributed by atoms with Crippen LogP contribution in [0.15, 0.2) is 18.2 Å². The van der Waals surface area contributed by atoms with Crippen LogP contribution in [0.5, 0.6) is 0 Å². The van der Waals surface area contributed by atoms with Crippen molar-refractivity contribution >= 4 is 17.3 Å². The highest BCUT2D eigenvalue weighted by molar-refractivity contribution is 6.33. The fourth-order valence-corrected chi connectivity index (χ4v) is 2.14. The topological polar surface area (TPSA) is 35.8 Å². The predicted molar refractivity (Wildman–Crippen MR) is 78.2 cm³/mol. The number of anilines is 1. The van der Waals surface area contributed by atoms with Gasteiger partial charge in [0, 0.05) is 6.54 Å². The molecule has 0 unspecified atom stereocenters. The molecule has 0 aliphatic heterocycles. The molecule has 0 fully saturated rings. The Labute approximate surface area is 127 Å². The van der Waals surface area contributed by atoms with Crippen molar-refractivity contribution in [3.8, 4) is 6.07 Å². The van der Waals surface area contributed by atoms with E-state index < -0.39 is 17.2 Å². The van der Waals surface area contributed by atoms with Gasteiger partial charge in [-0.1, -0.05) is 24.1 Å². The molecule has 116 valence electrons. The van der Waals surface area contributed by atoms with Crippen LogP contribution in [0.3, 0.4) is 0 Å². The molecule has 0 saturated heterocycles. The Morgan fingerprint density at radius 3 is 2.48 bits per heavy atom. The van der Waals surface area contributed by atoms with Crippen molar-refractivity contribution in [3.05, 3.63) is 28.8 Å². The number of halogens is 4. The fraction of sp³-hybridized carbons (Fsp3) is 0.533. The predicted octanol–water partition coefficient (Wildman–Crippen LogP) is 5.49. The van der Waals surface area contributed by atoms with Crippen LogP contribution in [0.4, 0.5) is 18.9 Å². The molecule has 2 nitrogen and oxygen atoms in total. The summed E-state index contributed by atoms with van der Waals surface area (Å²) in [5.74, 6) is 0. The van der Waals surface area contributed by atoms with E-state index in [0.717, 1.165) is 12.5 Å². The van der Waals surface area contributed by atoms with Crippen LogP contribution in [-0.2, 0) is 6.18 Å². The zero-order valence-corrected chi connectivity index (χ0v) is 12.8. The molecule has 21 heavy (non-hydrogen) atoms. The summed E-state index contributed by atoms with van der Waals surface area (Å²) in [4.78, 5) is 0. The van der Waals surface area contributed by atoms with Gasteiger partial charge in [0.05, 0.1) is 27.8 Å². The number of alkyl halides is 3. The summed E-state index contributed by atoms with van der Waals surface area (Å²) in [5, 5.41) is 11.7. The van der Waals surface area contributed by atoms with Crippen LogP contribution in [0.1, 0.15) is 38.7 Å². The first kappa shape index (κ1) is 17.6. The third-order valence-electron chi connectivity index (χ3n) is 3.15. The van der Waals surface area contributed by atoms with Gasteiger partial charge < -0.3 is 5.32 Å². The third-order valence-corrected chi connectivity index (χ3v) is 3.47. The number of benzene rings is 1. The number of hydrogen-bond donors (Lipinski definition) is 1. The Morgan fingerprint density at radius 1 is 1.24 bits per heavy atom. The molecule has 0 amide bonds. The van der Waals surface area contributed by atoms with Crippen LogP contribution in [0.2, 0.25) is 5.02 Å². The van der Waals surface area contributed by atoms with Crippen molar-refractivity contribution in [2.45, 2.75) is 39.3 Å². The number of rotatable bonds is 6. The highest BCUT2D eigenvalue weighted by Crippen LogP contribution is 2.38. The lowest BCUT2D eigenvalue weighted by Crippen LogP contribution is -2.13. The van der Waals surface area contributed by atoms with E-state index >= 15 is 0 Å². The summed E-state index contributed by atoms with van der Waals surface area (Å²) in [6, 6.07) is 5.92. The van der Waals surface area contributed by atoms with E-state index in [1.807, 2.05) is 13.8 Å². The molecule has 6 heteroatoms. The number of hydrogen-bond acceptors (Lipinski definition) is 2. The number of nitrogens with zero attached hydrogens (tertiary/aromatic N) is 1. The van der Waals surface area contributed by atoms with Crippen LogP contribution >= 0.6 is 11.6 Å². The van der Waals surface area contributed by atoms with Gasteiger partial charge in [-0.2, -0.15) is 18.4 Å². The molecule has 0 heterocycles. The van der Waals surface area contributed by atoms with E-state index in [1.165, 1.54) is 12.1 Å². The number of nitrogens with one attached hydrogen (secondary N) is 1. The fourth-order valence-electron chi connectivity index (χ4n) is 1.90. The highest BCUT2D eigenvalue weighted by atomic mass is 35.5. The van der Waals surface area contributed by atoms with E-state index in [9.17, 15) is 13.2 Å². The van der Waals surface area contributed by atoms with Gasteiger partial charge >= 0.3 is 6.18 Å². The number of unbranched alkanes of at least 4 members (excludes halogenated alkanes) is 1. The summed E-state index contributed by atoms with van der Waals surface area (Å²) in [6.45, 7) is 4.07. The monoisotopic (exact) mass is 318 g/mol. The second-order valence-electron chi connectivity index (χ2n) is 5.54. The van der Waals surface area contributed by atoms with Crippen molar-refractivity contribution in [1.29, 1.82) is 5.26 Å². The maximum Gasteiger partial charge on any atom is 0.418 e. The zero-order chi connectivity index (χ0) is 16.1. The average Bonchev–Trinajstić information content (AvgIpc) is 2.38. The van der Waals surface area contributed by atoms with Crippen molar-refractivity contribution in [1.82, 2.24) is 0 Å². The molecular weight excluding hydrogens is 301 g/mol. The lowest BCUT2D eigenvalue weighted by atomic mass is 9.89. The lowest BCUT2D eigenvalue weighted by Gasteiger charge is -2.17. The Hall–Kier alpha value is -1.41. The normalized spacial score (nSPS) is 12.0. The van der Waals surface area contributed by atoms with E-state index in [2.05, 4.69) is 11.4 Å². The van der Waals surface area contributed by atoms with Gasteiger partial charge in [-0.05, 0) is 38.8 Å². The quantitative estimate of drug-likeness (QED) is 0.704. The summed E-state index contributed by atoms with van der Waals surface area (Å²) in [7, 11) is 0. The summed E-state index contributed by atoms with van der Waals surface area (Å²) in [6.07, 6.45) is -2.29. The van der Waals surface area contributed by atoms with Crippen LogP contribution < -0.4 is 5.32 Å². The minimum atomic E-state index is -4.43. The Morgan fingerprint density at radius 2 is 1.90 bits per heavy atom. The largest absolute Gasteiger partial charge is 0.418 e. The number of para-hydroxylation sites is 1. The molecular formula is C15H18ClF3N2. The first-order valence-electron chi connectivity index (χ1n) is 6.68. The molecule has 1 N–H and O–H groups in total. The maximum atomic E-state index is 12.9. The molecule has 0 saturated carbocycles. The molecule has 1 aromatic carbocycles. The Balaban J connectivity index is 2.59. The second-order valence-corrected chi connectivity index (χ2v) is 5.95. The van der Waals surface area contributed by atoms with Crippen LogP contribution in [0, 0.1) is 16.7 Å². The van der Waals surface area contributed by atoms with Crippen molar-refractivity contribution in [2.75, 3.05) is 11.9 Å². The molecule has 0 radical (unpaired) electrons. The first-order chi connectivity index (χ1) is 9.67. The van der Waals surface area contributed by atoms with E-state index in [-0.39, 0.29) is 10.7 Å². The van der Waals surface area contributed by atoms with Gasteiger partial charge in [0.25, 0.3) is 0 Å². The molecule has 0 atom stereocenters. The maximum absolute atomic E-state index is 12.9. The van der Waals surface area contributed by atoms with Gasteiger partial charge in [0.15, 0.2) is 0 Å². The van der Waals surface area contributed by atoms with E-state index in [4.69, 9.17) is 16.9 Å². The van der Waals surface area contributed by atoms with Gasteiger partial charge in [0.1, 0.15) is 0 Å². The molecule has 0 aliphatic rings. The standard InChI is InChI=1S/C15H18ClF3N2/c1-14(2,10-20)8-3-4-9-21-13-11(15(17,18)19)6-5-7-12(13)16/h5-7,21H,3-4,8-9H2,1-2H3. The minimum absolute atomic E-state index is 0.0576. The molecule has 0 spiro atoms. The molecule has 1 aromatic rings. The molecule has 0 bridgehead atoms. The number of nitriles is 1. The Kier molecular flexibility index (Phi) is 5.91. The highest BCUT2D eigenvalue weighted by Gasteiger charge is 2.34. The smallest absolute Gasteiger partial charge is 0.383 e. The summed E-state index contributed by atoms with van der Waals surface area (Å²) < 4.78 is 38.6. The third kappa shape index (κ3) is 5.47. The first-order valence-corrected chi connectivity index (χ1v) is 7.06. The summed E-state index contributed by atoms with van der Waals surface area (Å²) in [5.41, 5.74) is -1.24. The molecule has 0 aliphatic carbocycles. The van der Waals surface area contributed by atoms with Crippen LogP contribution in [0.25, 0.3) is 0 Å². The molecule has 0 aromatic heterocycles. The van der Waals surface area contributed by atoms with E-state index in [0.29, 0.717) is 19.4 Å². The van der Waals surface area contributed by atoms with Crippen molar-refractivity contribution in [3.63, 3.8) is 0 Å². The molecule has 1 rings (SSSR count). The van der Waals surface area contributed by atoms with Gasteiger partial charge in [-0.25, -0.2) is 0 Å². The summed E-state index contributed by atoms with van der Waals surface area (Å²) >= 11 is 5.84. The van der Waals surface area contributed by atoms with Gasteiger partial charge in [-0.15, -0.1) is 0 Å². The van der Waals surface area contributed by atoms with Gasteiger partial charge in [0.2, 0.25) is 0 Å². The zero-order valence-electron chi connectivity index (χ0n) is 12.0. The Bertz CT molecular complexity index is 519. The van der Waals surface area contributed by atoms with Crippen LogP contribution in [-0.4, -0.2) is 6.54 Å². The van der Waals surface area contributed by atoms with Crippen molar-refractivity contribution in [2.24, 2.45) is 5.41 Å². The SMILES string of the molecule is CC(C)(C#N)CCCCNc1c(Cl)cccc1C(F)(F)F. The van der Waals surface area contributed by atoms with Crippen molar-refractivity contribution < 1.29 is 13.2 Å². The lowest BCUT2D eigenvalue weighted by molar-refractivity contribution is -0.136. The minimum Gasteiger partial charge on any atom is -0.383 e. The van der Waals surface area contributed by atoms with E-state index in [1.54, 1.807) is 0 Å². The second kappa shape index (κ2) is 7.04. The van der Waals surface area contributed by atoms with Gasteiger partial charge in [-0.3, -0.25) is 0 Å².